The van der Waals surface area contributed by atoms with Crippen LogP contribution in [-0.4, -0.2) is 36.5 Å². The van der Waals surface area contributed by atoms with E-state index in [0.717, 1.165) is 0 Å². The number of nitrogens with one attached hydrogen (secondary N) is 1. The molecular formula is C10H16F3NO4. The molecule has 0 aromatic carbocycles. The van der Waals surface area contributed by atoms with Crippen molar-refractivity contribution in [1.82, 2.24) is 5.32 Å². The Labute approximate surface area is 103 Å². The first-order valence-electron chi connectivity index (χ1n) is 5.20. The number of halogens is 3. The number of hydrogen-bond donors (Lipinski definition) is 1. The summed E-state index contributed by atoms with van der Waals surface area (Å²) in [6, 6.07) is -2.73. The fourth-order valence-electron chi connectivity index (χ4n) is 0.925. The van der Waals surface area contributed by atoms with Gasteiger partial charge in [0.15, 0.2) is 0 Å². The lowest BCUT2D eigenvalue weighted by Crippen LogP contribution is -2.52. The van der Waals surface area contributed by atoms with Gasteiger partial charge in [-0.25, -0.2) is 9.59 Å². The van der Waals surface area contributed by atoms with Crippen LogP contribution in [0.2, 0.25) is 0 Å². The van der Waals surface area contributed by atoms with Crippen molar-refractivity contribution in [2.45, 2.75) is 45.5 Å². The Bertz CT molecular complexity index is 309. The van der Waals surface area contributed by atoms with Crippen molar-refractivity contribution in [2.75, 3.05) is 6.61 Å². The van der Waals surface area contributed by atoms with Gasteiger partial charge in [0, 0.05) is 0 Å². The molecule has 0 saturated heterocycles. The molecule has 1 amide bonds. The third-order valence-corrected chi connectivity index (χ3v) is 1.51. The average molecular weight is 271 g/mol. The van der Waals surface area contributed by atoms with E-state index in [1.54, 1.807) is 0 Å². The highest BCUT2D eigenvalue weighted by molar-refractivity contribution is 5.82. The maximum Gasteiger partial charge on any atom is 0.419 e. The molecule has 0 heterocycles. The average Bonchev–Trinajstić information content (AvgIpc) is 2.09. The standard InChI is InChI=1S/C10H16F3NO4/c1-5-17-7(15)6(10(11,12)13)14-8(16)18-9(2,3)4/h6H,5H2,1-4H3,(H,14,16). The molecule has 18 heavy (non-hydrogen) atoms. The molecular weight excluding hydrogens is 255 g/mol. The summed E-state index contributed by atoms with van der Waals surface area (Å²) in [5.41, 5.74) is -0.963. The minimum Gasteiger partial charge on any atom is -0.464 e. The summed E-state index contributed by atoms with van der Waals surface area (Å²) >= 11 is 0. The van der Waals surface area contributed by atoms with Crippen LogP contribution in [0.1, 0.15) is 27.7 Å². The van der Waals surface area contributed by atoms with Crippen molar-refractivity contribution in [1.29, 1.82) is 0 Å². The topological polar surface area (TPSA) is 64.6 Å². The summed E-state index contributed by atoms with van der Waals surface area (Å²) < 4.78 is 46.4. The van der Waals surface area contributed by atoms with E-state index < -0.39 is 29.9 Å². The fraction of sp³-hybridized carbons (Fsp3) is 0.800. The number of carbonyl (C=O) groups is 2. The summed E-state index contributed by atoms with van der Waals surface area (Å²) in [7, 11) is 0. The third kappa shape index (κ3) is 6.31. The van der Waals surface area contributed by atoms with Crippen LogP contribution in [-0.2, 0) is 14.3 Å². The molecule has 0 spiro atoms. The molecule has 106 valence electrons. The Morgan fingerprint density at radius 2 is 1.72 bits per heavy atom. The zero-order valence-corrected chi connectivity index (χ0v) is 10.6. The molecule has 0 radical (unpaired) electrons. The van der Waals surface area contributed by atoms with Crippen LogP contribution in [0.3, 0.4) is 0 Å². The van der Waals surface area contributed by atoms with E-state index in [9.17, 15) is 22.8 Å². The number of esters is 1. The molecule has 0 bridgehead atoms. The fourth-order valence-corrected chi connectivity index (χ4v) is 0.925. The lowest BCUT2D eigenvalue weighted by molar-refractivity contribution is -0.183. The highest BCUT2D eigenvalue weighted by Gasteiger charge is 2.47. The monoisotopic (exact) mass is 271 g/mol. The number of rotatable bonds is 3. The predicted octanol–water partition coefficient (Wildman–Crippen LogP) is 2.01. The molecule has 0 rings (SSSR count). The largest absolute Gasteiger partial charge is 0.464 e. The summed E-state index contributed by atoms with van der Waals surface area (Å²) in [4.78, 5) is 22.3. The molecule has 0 saturated carbocycles. The molecule has 0 aliphatic rings. The van der Waals surface area contributed by atoms with Crippen molar-refractivity contribution < 1.29 is 32.2 Å². The smallest absolute Gasteiger partial charge is 0.419 e. The molecule has 0 fully saturated rings. The summed E-state index contributed by atoms with van der Waals surface area (Å²) in [5.74, 6) is -1.57. The van der Waals surface area contributed by atoms with Crippen LogP contribution >= 0.6 is 0 Å². The van der Waals surface area contributed by atoms with E-state index >= 15 is 0 Å². The number of amides is 1. The Kier molecular flexibility index (Phi) is 5.44. The number of hydrogen-bond acceptors (Lipinski definition) is 4. The maximum atomic E-state index is 12.5. The van der Waals surface area contributed by atoms with Crippen LogP contribution in [0.15, 0.2) is 0 Å². The molecule has 0 aliphatic carbocycles. The summed E-state index contributed by atoms with van der Waals surface area (Å²) in [5, 5.41) is 1.44. The third-order valence-electron chi connectivity index (χ3n) is 1.51. The van der Waals surface area contributed by atoms with Gasteiger partial charge in [0.25, 0.3) is 0 Å². The Morgan fingerprint density at radius 3 is 2.06 bits per heavy atom. The van der Waals surface area contributed by atoms with Gasteiger partial charge in [0.1, 0.15) is 5.60 Å². The maximum absolute atomic E-state index is 12.5. The van der Waals surface area contributed by atoms with E-state index in [4.69, 9.17) is 0 Å². The summed E-state index contributed by atoms with van der Waals surface area (Å²) in [6.45, 7) is 5.60. The number of ether oxygens (including phenoxy) is 2. The van der Waals surface area contributed by atoms with Crippen LogP contribution in [0.5, 0.6) is 0 Å². The van der Waals surface area contributed by atoms with Crippen LogP contribution in [0, 0.1) is 0 Å². The molecule has 1 atom stereocenters. The highest BCUT2D eigenvalue weighted by atomic mass is 19.4. The zero-order valence-electron chi connectivity index (χ0n) is 10.6. The Balaban J connectivity index is 4.72. The Hall–Kier alpha value is -1.47. The molecule has 0 aliphatic heterocycles. The van der Waals surface area contributed by atoms with Crippen LogP contribution in [0.4, 0.5) is 18.0 Å². The van der Waals surface area contributed by atoms with Crippen molar-refractivity contribution in [2.24, 2.45) is 0 Å². The van der Waals surface area contributed by atoms with Gasteiger partial charge >= 0.3 is 18.2 Å². The molecule has 0 aromatic heterocycles. The number of alkyl halides is 3. The highest BCUT2D eigenvalue weighted by Crippen LogP contribution is 2.21. The van der Waals surface area contributed by atoms with Gasteiger partial charge in [-0.15, -0.1) is 0 Å². The minimum absolute atomic E-state index is 0.221. The van der Waals surface area contributed by atoms with Crippen molar-refractivity contribution in [3.8, 4) is 0 Å². The summed E-state index contributed by atoms with van der Waals surface area (Å²) in [6.07, 6.45) is -6.28. The van der Waals surface area contributed by atoms with E-state index in [1.165, 1.54) is 33.0 Å². The second-order valence-electron chi connectivity index (χ2n) is 4.37. The van der Waals surface area contributed by atoms with Crippen LogP contribution in [0.25, 0.3) is 0 Å². The van der Waals surface area contributed by atoms with Crippen molar-refractivity contribution >= 4 is 12.1 Å². The Morgan fingerprint density at radius 1 is 1.22 bits per heavy atom. The van der Waals surface area contributed by atoms with Gasteiger partial charge in [-0.3, -0.25) is 5.32 Å². The SMILES string of the molecule is CCOC(=O)C(NC(=O)OC(C)(C)C)C(F)(F)F. The first kappa shape index (κ1) is 16.5. The van der Waals surface area contributed by atoms with Gasteiger partial charge in [-0.1, -0.05) is 0 Å². The normalized spacial score (nSPS) is 13.7. The minimum atomic E-state index is -4.94. The first-order chi connectivity index (χ1) is 7.97. The predicted molar refractivity (Wildman–Crippen MR) is 55.8 cm³/mol. The molecule has 0 aromatic rings. The quantitative estimate of drug-likeness (QED) is 0.797. The van der Waals surface area contributed by atoms with E-state index in [0.29, 0.717) is 0 Å². The van der Waals surface area contributed by atoms with Gasteiger partial charge in [-0.2, -0.15) is 13.2 Å². The van der Waals surface area contributed by atoms with Gasteiger partial charge in [0.05, 0.1) is 6.61 Å². The zero-order chi connectivity index (χ0) is 14.6. The molecule has 1 unspecified atom stereocenters. The second-order valence-corrected chi connectivity index (χ2v) is 4.37. The van der Waals surface area contributed by atoms with E-state index in [2.05, 4.69) is 9.47 Å². The molecule has 1 N–H and O–H groups in total. The van der Waals surface area contributed by atoms with Gasteiger partial charge in [-0.05, 0) is 27.7 Å². The van der Waals surface area contributed by atoms with Gasteiger partial charge in [0.2, 0.25) is 6.04 Å². The lowest BCUT2D eigenvalue weighted by Gasteiger charge is -2.23. The van der Waals surface area contributed by atoms with Crippen molar-refractivity contribution in [3.63, 3.8) is 0 Å². The van der Waals surface area contributed by atoms with E-state index in [-0.39, 0.29) is 6.61 Å². The molecule has 5 nitrogen and oxygen atoms in total. The lowest BCUT2D eigenvalue weighted by atomic mass is 10.2. The number of alkyl carbamates (subject to hydrolysis) is 1. The van der Waals surface area contributed by atoms with Crippen molar-refractivity contribution in [3.05, 3.63) is 0 Å². The van der Waals surface area contributed by atoms with Gasteiger partial charge < -0.3 is 9.47 Å². The second kappa shape index (κ2) is 5.92. The number of carbonyl (C=O) groups excluding carboxylic acids is 2. The van der Waals surface area contributed by atoms with Crippen LogP contribution < -0.4 is 5.32 Å². The van der Waals surface area contributed by atoms with E-state index in [1.807, 2.05) is 0 Å². The first-order valence-corrected chi connectivity index (χ1v) is 5.20. The molecule has 8 heteroatoms.